The minimum atomic E-state index is -0.214. The number of rotatable bonds is 9. The molecule has 0 aliphatic rings. The number of hydrogen-bond acceptors (Lipinski definition) is 5. The molecule has 0 fully saturated rings. The zero-order valence-corrected chi connectivity index (χ0v) is 19.5. The van der Waals surface area contributed by atoms with Crippen LogP contribution in [-0.2, 0) is 11.3 Å². The smallest absolute Gasteiger partial charge is 0.231 e. The van der Waals surface area contributed by atoms with Gasteiger partial charge < -0.3 is 14.6 Å². The second kappa shape index (κ2) is 10.8. The quantitative estimate of drug-likeness (QED) is 0.359. The Morgan fingerprint density at radius 3 is 2.15 bits per heavy atom. The molecule has 4 rings (SSSR count). The van der Waals surface area contributed by atoms with Gasteiger partial charge in [0.2, 0.25) is 5.91 Å². The predicted octanol–water partition coefficient (Wildman–Crippen LogP) is 4.97. The molecule has 6 nitrogen and oxygen atoms in total. The third kappa shape index (κ3) is 5.26. The van der Waals surface area contributed by atoms with Gasteiger partial charge in [0.05, 0.1) is 24.5 Å². The van der Waals surface area contributed by atoms with Gasteiger partial charge in [0.25, 0.3) is 0 Å². The molecule has 168 valence electrons. The van der Waals surface area contributed by atoms with Crippen molar-refractivity contribution in [3.05, 3.63) is 96.1 Å². The maximum Gasteiger partial charge on any atom is 0.231 e. The zero-order valence-electron chi connectivity index (χ0n) is 18.6. The first-order chi connectivity index (χ1) is 16.2. The first-order valence-corrected chi connectivity index (χ1v) is 11.8. The van der Waals surface area contributed by atoms with Crippen molar-refractivity contribution in [2.75, 3.05) is 12.9 Å². The molecule has 4 aromatic rings. The minimum absolute atomic E-state index is 0.0674. The van der Waals surface area contributed by atoms with Gasteiger partial charge in [-0.05, 0) is 30.2 Å². The van der Waals surface area contributed by atoms with Crippen LogP contribution in [0.1, 0.15) is 24.1 Å². The van der Waals surface area contributed by atoms with Gasteiger partial charge in [0.15, 0.2) is 11.0 Å². The Hall–Kier alpha value is -3.58. The highest BCUT2D eigenvalue weighted by atomic mass is 32.2. The lowest BCUT2D eigenvalue weighted by Crippen LogP contribution is -2.30. The van der Waals surface area contributed by atoms with Crippen LogP contribution in [0.2, 0.25) is 0 Å². The summed E-state index contributed by atoms with van der Waals surface area (Å²) in [7, 11) is 1.64. The summed E-state index contributed by atoms with van der Waals surface area (Å²) in [4.78, 5) is 12.9. The third-order valence-corrected chi connectivity index (χ3v) is 6.25. The first-order valence-electron chi connectivity index (χ1n) is 10.8. The van der Waals surface area contributed by atoms with E-state index >= 15 is 0 Å². The summed E-state index contributed by atoms with van der Waals surface area (Å²) in [6, 6.07) is 27.5. The Morgan fingerprint density at radius 1 is 0.939 bits per heavy atom. The molecule has 1 aromatic heterocycles. The Morgan fingerprint density at radius 2 is 1.55 bits per heavy atom. The topological polar surface area (TPSA) is 69.0 Å². The standard InChI is InChI=1S/C26H26N4O2S/c1-3-30-25(21-16-10-11-17-22(21)32-2)28-29-26(30)33-18-23(31)27-24(19-12-6-4-7-13-19)20-14-8-5-9-15-20/h4-17,24H,3,18H2,1-2H3,(H,27,31). The molecule has 0 spiro atoms. The molecule has 0 bridgehead atoms. The van der Waals surface area contributed by atoms with Crippen LogP contribution in [0, 0.1) is 0 Å². The molecular formula is C26H26N4O2S. The average Bonchev–Trinajstić information content (AvgIpc) is 3.29. The molecule has 1 heterocycles. The summed E-state index contributed by atoms with van der Waals surface area (Å²) in [5.41, 5.74) is 2.95. The number of nitrogens with zero attached hydrogens (tertiary/aromatic N) is 3. The number of ether oxygens (including phenoxy) is 1. The van der Waals surface area contributed by atoms with Crippen LogP contribution in [0.5, 0.6) is 5.75 Å². The SMILES string of the molecule is CCn1c(SCC(=O)NC(c2ccccc2)c2ccccc2)nnc1-c1ccccc1OC. The van der Waals surface area contributed by atoms with Crippen LogP contribution in [0.15, 0.2) is 90.1 Å². The Bertz CT molecular complexity index is 1160. The number of carbonyl (C=O) groups is 1. The molecule has 0 aliphatic carbocycles. The molecule has 0 unspecified atom stereocenters. The van der Waals surface area contributed by atoms with Gasteiger partial charge in [-0.3, -0.25) is 4.79 Å². The monoisotopic (exact) mass is 458 g/mol. The fourth-order valence-electron chi connectivity index (χ4n) is 3.69. The molecule has 3 aromatic carbocycles. The van der Waals surface area contributed by atoms with Crippen LogP contribution < -0.4 is 10.1 Å². The second-order valence-corrected chi connectivity index (χ2v) is 8.30. The van der Waals surface area contributed by atoms with Crippen molar-refractivity contribution in [3.63, 3.8) is 0 Å². The van der Waals surface area contributed by atoms with Crippen molar-refractivity contribution in [2.24, 2.45) is 0 Å². The summed E-state index contributed by atoms with van der Waals surface area (Å²) in [6.45, 7) is 2.72. The van der Waals surface area contributed by atoms with E-state index in [9.17, 15) is 4.79 Å². The van der Waals surface area contributed by atoms with E-state index in [1.807, 2.05) is 96.4 Å². The number of hydrogen-bond donors (Lipinski definition) is 1. The maximum atomic E-state index is 12.9. The normalized spacial score (nSPS) is 10.9. The van der Waals surface area contributed by atoms with Gasteiger partial charge in [-0.25, -0.2) is 0 Å². The Balaban J connectivity index is 1.50. The largest absolute Gasteiger partial charge is 0.496 e. The van der Waals surface area contributed by atoms with Crippen molar-refractivity contribution in [3.8, 4) is 17.1 Å². The van der Waals surface area contributed by atoms with Crippen LogP contribution >= 0.6 is 11.8 Å². The molecule has 33 heavy (non-hydrogen) atoms. The second-order valence-electron chi connectivity index (χ2n) is 7.36. The van der Waals surface area contributed by atoms with Crippen molar-refractivity contribution < 1.29 is 9.53 Å². The minimum Gasteiger partial charge on any atom is -0.496 e. The van der Waals surface area contributed by atoms with E-state index in [0.717, 1.165) is 28.3 Å². The van der Waals surface area contributed by atoms with E-state index in [1.165, 1.54) is 11.8 Å². The zero-order chi connectivity index (χ0) is 23.0. The van der Waals surface area contributed by atoms with Crippen molar-refractivity contribution in [1.29, 1.82) is 0 Å². The highest BCUT2D eigenvalue weighted by Crippen LogP contribution is 2.31. The van der Waals surface area contributed by atoms with E-state index < -0.39 is 0 Å². The lowest BCUT2D eigenvalue weighted by molar-refractivity contribution is -0.119. The number of benzene rings is 3. The van der Waals surface area contributed by atoms with Crippen LogP contribution in [-0.4, -0.2) is 33.5 Å². The number of aromatic nitrogens is 3. The van der Waals surface area contributed by atoms with Gasteiger partial charge in [-0.15, -0.1) is 10.2 Å². The highest BCUT2D eigenvalue weighted by molar-refractivity contribution is 7.99. The van der Waals surface area contributed by atoms with Gasteiger partial charge in [0.1, 0.15) is 5.75 Å². The molecule has 1 N–H and O–H groups in total. The van der Waals surface area contributed by atoms with E-state index in [4.69, 9.17) is 4.74 Å². The van der Waals surface area contributed by atoms with Crippen molar-refractivity contribution >= 4 is 17.7 Å². The number of amides is 1. The van der Waals surface area contributed by atoms with Gasteiger partial charge in [-0.2, -0.15) is 0 Å². The molecule has 1 amide bonds. The summed E-state index contributed by atoms with van der Waals surface area (Å²) in [5, 5.41) is 12.6. The summed E-state index contributed by atoms with van der Waals surface area (Å²) in [5.74, 6) is 1.63. The van der Waals surface area contributed by atoms with Gasteiger partial charge in [-0.1, -0.05) is 84.6 Å². The number of thioether (sulfide) groups is 1. The van der Waals surface area contributed by atoms with E-state index in [-0.39, 0.29) is 17.7 Å². The molecule has 0 saturated heterocycles. The molecule has 0 radical (unpaired) electrons. The van der Waals surface area contributed by atoms with Crippen LogP contribution in [0.4, 0.5) is 0 Å². The third-order valence-electron chi connectivity index (χ3n) is 5.28. The fraction of sp³-hybridized carbons (Fsp3) is 0.192. The molecule has 0 aliphatic heterocycles. The van der Waals surface area contributed by atoms with E-state index in [2.05, 4.69) is 15.5 Å². The predicted molar refractivity (Wildman–Crippen MR) is 131 cm³/mol. The lowest BCUT2D eigenvalue weighted by Gasteiger charge is -2.20. The Labute approximate surface area is 198 Å². The summed E-state index contributed by atoms with van der Waals surface area (Å²) >= 11 is 1.38. The molecule has 0 atom stereocenters. The number of carbonyl (C=O) groups excluding carboxylic acids is 1. The lowest BCUT2D eigenvalue weighted by atomic mass is 9.99. The fourth-order valence-corrected chi connectivity index (χ4v) is 4.51. The van der Waals surface area contributed by atoms with E-state index in [1.54, 1.807) is 7.11 Å². The molecule has 7 heteroatoms. The summed E-state index contributed by atoms with van der Waals surface area (Å²) < 4.78 is 7.48. The highest BCUT2D eigenvalue weighted by Gasteiger charge is 2.20. The van der Waals surface area contributed by atoms with Gasteiger partial charge >= 0.3 is 0 Å². The van der Waals surface area contributed by atoms with Crippen LogP contribution in [0.3, 0.4) is 0 Å². The molecular weight excluding hydrogens is 432 g/mol. The van der Waals surface area contributed by atoms with Gasteiger partial charge in [0, 0.05) is 6.54 Å². The average molecular weight is 459 g/mol. The summed E-state index contributed by atoms with van der Waals surface area (Å²) in [6.07, 6.45) is 0. The molecule has 0 saturated carbocycles. The Kier molecular flexibility index (Phi) is 7.42. The van der Waals surface area contributed by atoms with Crippen molar-refractivity contribution in [1.82, 2.24) is 20.1 Å². The maximum absolute atomic E-state index is 12.9. The van der Waals surface area contributed by atoms with Crippen LogP contribution in [0.25, 0.3) is 11.4 Å². The number of para-hydroxylation sites is 1. The first kappa shape index (κ1) is 22.6. The number of methoxy groups -OCH3 is 1. The number of nitrogens with one attached hydrogen (secondary N) is 1. The van der Waals surface area contributed by atoms with E-state index in [0.29, 0.717) is 11.7 Å². The van der Waals surface area contributed by atoms with Crippen molar-refractivity contribution in [2.45, 2.75) is 24.7 Å².